The van der Waals surface area contributed by atoms with Gasteiger partial charge in [-0.1, -0.05) is 24.8 Å². The smallest absolute Gasteiger partial charge is 0.268 e. The first-order chi connectivity index (χ1) is 9.19. The number of aromatic nitrogens is 2. The number of piperazine rings is 1. The maximum Gasteiger partial charge on any atom is 0.268 e. The second kappa shape index (κ2) is 6.10. The van der Waals surface area contributed by atoms with Crippen LogP contribution in [0.4, 0.5) is 0 Å². The molecule has 0 aliphatic carbocycles. The fourth-order valence-electron chi connectivity index (χ4n) is 2.27. The molecule has 0 saturated carbocycles. The fraction of sp³-hybridized carbons (Fsp3) is 0.667. The number of aryl methyl sites for hydroxylation is 1. The van der Waals surface area contributed by atoms with Crippen molar-refractivity contribution in [1.29, 1.82) is 0 Å². The summed E-state index contributed by atoms with van der Waals surface area (Å²) >= 11 is 1.12. The van der Waals surface area contributed by atoms with E-state index in [1.165, 1.54) is 0 Å². The Hall–Kier alpha value is -1.50. The standard InChI is InChI=1S/C12H18N4O2S/c1-3-5-8-10(19-15-14-8)12(18)16-7-6-13-11(17)9(16)4-2/h9H,3-7H2,1-2H3,(H,13,17). The number of rotatable bonds is 4. The van der Waals surface area contributed by atoms with E-state index in [4.69, 9.17) is 0 Å². The predicted octanol–water partition coefficient (Wildman–Crippen LogP) is 0.841. The summed E-state index contributed by atoms with van der Waals surface area (Å²) in [5, 5.41) is 6.80. The lowest BCUT2D eigenvalue weighted by Gasteiger charge is -2.34. The molecule has 7 heteroatoms. The molecule has 6 nitrogen and oxygen atoms in total. The number of hydrogen-bond acceptors (Lipinski definition) is 5. The molecule has 2 rings (SSSR count). The molecule has 1 aromatic rings. The molecule has 0 bridgehead atoms. The number of nitrogens with one attached hydrogen (secondary N) is 1. The summed E-state index contributed by atoms with van der Waals surface area (Å²) in [6.45, 7) is 5.01. The topological polar surface area (TPSA) is 75.2 Å². The predicted molar refractivity (Wildman–Crippen MR) is 72.0 cm³/mol. The maximum atomic E-state index is 12.5. The molecule has 1 N–H and O–H groups in total. The third kappa shape index (κ3) is 2.75. The van der Waals surface area contributed by atoms with Crippen molar-refractivity contribution >= 4 is 23.3 Å². The Morgan fingerprint density at radius 3 is 3.00 bits per heavy atom. The van der Waals surface area contributed by atoms with Gasteiger partial charge in [0.1, 0.15) is 10.9 Å². The van der Waals surface area contributed by atoms with Gasteiger partial charge in [0.25, 0.3) is 5.91 Å². The molecule has 1 saturated heterocycles. The molecule has 1 fully saturated rings. The average molecular weight is 282 g/mol. The Kier molecular flexibility index (Phi) is 4.47. The zero-order valence-corrected chi connectivity index (χ0v) is 12.0. The molecule has 0 radical (unpaired) electrons. The Balaban J connectivity index is 2.22. The molecular formula is C12H18N4O2S. The average Bonchev–Trinajstić information content (AvgIpc) is 2.86. The second-order valence-corrected chi connectivity index (χ2v) is 5.27. The van der Waals surface area contributed by atoms with E-state index in [1.54, 1.807) is 4.90 Å². The van der Waals surface area contributed by atoms with E-state index in [1.807, 2.05) is 13.8 Å². The number of hydrogen-bond donors (Lipinski definition) is 1. The molecule has 104 valence electrons. The van der Waals surface area contributed by atoms with Crippen LogP contribution in [0.25, 0.3) is 0 Å². The van der Waals surface area contributed by atoms with Crippen LogP contribution in [-0.2, 0) is 11.2 Å². The highest BCUT2D eigenvalue weighted by atomic mass is 32.1. The van der Waals surface area contributed by atoms with Crippen LogP contribution in [0.2, 0.25) is 0 Å². The van der Waals surface area contributed by atoms with Gasteiger partial charge in [-0.15, -0.1) is 5.10 Å². The van der Waals surface area contributed by atoms with Gasteiger partial charge in [0, 0.05) is 13.1 Å². The van der Waals surface area contributed by atoms with Gasteiger partial charge in [0.15, 0.2) is 0 Å². The second-order valence-electron chi connectivity index (χ2n) is 4.51. The summed E-state index contributed by atoms with van der Waals surface area (Å²) in [4.78, 5) is 26.6. The quantitative estimate of drug-likeness (QED) is 0.888. The number of carbonyl (C=O) groups excluding carboxylic acids is 2. The van der Waals surface area contributed by atoms with Gasteiger partial charge in [-0.05, 0) is 24.4 Å². The largest absolute Gasteiger partial charge is 0.353 e. The SMILES string of the molecule is CCCc1nnsc1C(=O)N1CCNC(=O)C1CC. The Morgan fingerprint density at radius 1 is 1.53 bits per heavy atom. The summed E-state index contributed by atoms with van der Waals surface area (Å²) in [5.74, 6) is -0.184. The van der Waals surface area contributed by atoms with Crippen molar-refractivity contribution in [2.24, 2.45) is 0 Å². The van der Waals surface area contributed by atoms with Crippen LogP contribution >= 0.6 is 11.5 Å². The van der Waals surface area contributed by atoms with Crippen LogP contribution in [-0.4, -0.2) is 45.4 Å². The van der Waals surface area contributed by atoms with Gasteiger partial charge in [-0.2, -0.15) is 0 Å². The van der Waals surface area contributed by atoms with E-state index >= 15 is 0 Å². The summed E-state index contributed by atoms with van der Waals surface area (Å²) < 4.78 is 3.87. The maximum absolute atomic E-state index is 12.5. The normalized spacial score (nSPS) is 19.4. The van der Waals surface area contributed by atoms with Crippen molar-refractivity contribution in [1.82, 2.24) is 19.8 Å². The Labute approximate surface area is 116 Å². The fourth-order valence-corrected chi connectivity index (χ4v) is 2.93. The third-order valence-electron chi connectivity index (χ3n) is 3.22. The summed E-state index contributed by atoms with van der Waals surface area (Å²) in [6.07, 6.45) is 2.28. The Bertz CT molecular complexity index is 474. The minimum absolute atomic E-state index is 0.0726. The molecule has 1 unspecified atom stereocenters. The molecule has 0 spiro atoms. The molecule has 2 heterocycles. The van der Waals surface area contributed by atoms with E-state index in [2.05, 4.69) is 14.9 Å². The number of amides is 2. The van der Waals surface area contributed by atoms with Gasteiger partial charge < -0.3 is 10.2 Å². The van der Waals surface area contributed by atoms with E-state index < -0.39 is 0 Å². The van der Waals surface area contributed by atoms with E-state index in [9.17, 15) is 9.59 Å². The van der Waals surface area contributed by atoms with Crippen molar-refractivity contribution in [3.63, 3.8) is 0 Å². The van der Waals surface area contributed by atoms with Crippen molar-refractivity contribution < 1.29 is 9.59 Å². The van der Waals surface area contributed by atoms with Gasteiger partial charge >= 0.3 is 0 Å². The van der Waals surface area contributed by atoms with Crippen LogP contribution in [0.15, 0.2) is 0 Å². The lowest BCUT2D eigenvalue weighted by molar-refractivity contribution is -0.127. The minimum Gasteiger partial charge on any atom is -0.353 e. The highest BCUT2D eigenvalue weighted by Crippen LogP contribution is 2.19. The minimum atomic E-state index is -0.377. The van der Waals surface area contributed by atoms with Crippen molar-refractivity contribution in [3.8, 4) is 0 Å². The van der Waals surface area contributed by atoms with Crippen molar-refractivity contribution in [2.75, 3.05) is 13.1 Å². The third-order valence-corrected chi connectivity index (χ3v) is 3.97. The molecule has 1 atom stereocenters. The zero-order chi connectivity index (χ0) is 13.8. The van der Waals surface area contributed by atoms with Gasteiger partial charge in [0.05, 0.1) is 5.69 Å². The first-order valence-electron chi connectivity index (χ1n) is 6.58. The number of carbonyl (C=O) groups is 2. The van der Waals surface area contributed by atoms with Gasteiger partial charge in [0.2, 0.25) is 5.91 Å². The molecule has 1 aliphatic rings. The van der Waals surface area contributed by atoms with E-state index in [0.717, 1.165) is 30.1 Å². The monoisotopic (exact) mass is 282 g/mol. The van der Waals surface area contributed by atoms with Crippen LogP contribution in [0.1, 0.15) is 42.1 Å². The summed E-state index contributed by atoms with van der Waals surface area (Å²) in [7, 11) is 0. The van der Waals surface area contributed by atoms with E-state index in [0.29, 0.717) is 24.4 Å². The van der Waals surface area contributed by atoms with Crippen LogP contribution in [0, 0.1) is 0 Å². The molecule has 1 aromatic heterocycles. The number of nitrogens with zero attached hydrogens (tertiary/aromatic N) is 3. The highest BCUT2D eigenvalue weighted by Gasteiger charge is 2.33. The molecule has 2 amide bonds. The Morgan fingerprint density at radius 2 is 2.32 bits per heavy atom. The molecule has 0 aromatic carbocycles. The highest BCUT2D eigenvalue weighted by molar-refractivity contribution is 7.08. The lowest BCUT2D eigenvalue weighted by atomic mass is 10.1. The first kappa shape index (κ1) is 13.9. The summed E-state index contributed by atoms with van der Waals surface area (Å²) in [5.41, 5.74) is 0.748. The molecular weight excluding hydrogens is 264 g/mol. The van der Waals surface area contributed by atoms with Crippen LogP contribution in [0.3, 0.4) is 0 Å². The van der Waals surface area contributed by atoms with Gasteiger partial charge in [-0.3, -0.25) is 9.59 Å². The lowest BCUT2D eigenvalue weighted by Crippen LogP contribution is -2.56. The van der Waals surface area contributed by atoms with Crippen LogP contribution < -0.4 is 5.32 Å². The van der Waals surface area contributed by atoms with Crippen molar-refractivity contribution in [2.45, 2.75) is 39.2 Å². The van der Waals surface area contributed by atoms with E-state index in [-0.39, 0.29) is 17.9 Å². The molecule has 1 aliphatic heterocycles. The van der Waals surface area contributed by atoms with Crippen molar-refractivity contribution in [3.05, 3.63) is 10.6 Å². The van der Waals surface area contributed by atoms with Gasteiger partial charge in [-0.25, -0.2) is 0 Å². The summed E-state index contributed by atoms with van der Waals surface area (Å²) in [6, 6.07) is -0.377. The first-order valence-corrected chi connectivity index (χ1v) is 7.36. The molecule has 19 heavy (non-hydrogen) atoms. The zero-order valence-electron chi connectivity index (χ0n) is 11.2. The van der Waals surface area contributed by atoms with Crippen LogP contribution in [0.5, 0.6) is 0 Å².